The molecule has 5 heteroatoms. The maximum atomic E-state index is 13.4. The molecule has 0 saturated carbocycles. The van der Waals surface area contributed by atoms with Crippen molar-refractivity contribution in [2.45, 2.75) is 0 Å². The van der Waals surface area contributed by atoms with E-state index in [0.29, 0.717) is 0 Å². The minimum atomic E-state index is -1.19. The fourth-order valence-electron chi connectivity index (χ4n) is 1.47. The number of aromatic carboxylic acids is 1. The molecule has 1 aromatic carbocycles. The Kier molecular flexibility index (Phi) is 2.44. The topological polar surface area (TPSA) is 53.1 Å². The molecule has 2 N–H and O–H groups in total. The molecule has 0 saturated heterocycles. The predicted octanol–water partition coefficient (Wildman–Crippen LogP) is 2.66. The smallest absolute Gasteiger partial charge is 0.337 e. The van der Waals surface area contributed by atoms with E-state index in [1.807, 2.05) is 0 Å². The Hall–Kier alpha value is -2.17. The maximum Gasteiger partial charge on any atom is 0.337 e. The Morgan fingerprint density at radius 1 is 1.19 bits per heavy atom. The van der Waals surface area contributed by atoms with E-state index in [1.54, 1.807) is 0 Å². The van der Waals surface area contributed by atoms with Gasteiger partial charge in [-0.1, -0.05) is 0 Å². The van der Waals surface area contributed by atoms with Crippen LogP contribution in [-0.4, -0.2) is 16.1 Å². The Morgan fingerprint density at radius 2 is 1.94 bits per heavy atom. The highest BCUT2D eigenvalue weighted by Gasteiger charge is 2.16. The molecular formula is C11H7F2NO2. The molecule has 3 nitrogen and oxygen atoms in total. The third-order valence-electron chi connectivity index (χ3n) is 2.19. The van der Waals surface area contributed by atoms with Crippen LogP contribution in [0.3, 0.4) is 0 Å². The quantitative estimate of drug-likeness (QED) is 0.822. The van der Waals surface area contributed by atoms with Gasteiger partial charge in [0.05, 0.1) is 5.56 Å². The first-order valence-electron chi connectivity index (χ1n) is 4.45. The molecule has 0 aliphatic carbocycles. The molecule has 0 amide bonds. The van der Waals surface area contributed by atoms with Crippen LogP contribution in [0.25, 0.3) is 11.1 Å². The molecule has 2 rings (SSSR count). The van der Waals surface area contributed by atoms with E-state index in [-0.39, 0.29) is 16.7 Å². The molecule has 1 heterocycles. The second-order valence-electron chi connectivity index (χ2n) is 3.21. The maximum absolute atomic E-state index is 13.4. The zero-order valence-corrected chi connectivity index (χ0v) is 8.00. The Bertz CT molecular complexity index is 549. The van der Waals surface area contributed by atoms with Crippen LogP contribution >= 0.6 is 0 Å². The van der Waals surface area contributed by atoms with Gasteiger partial charge in [0.25, 0.3) is 0 Å². The van der Waals surface area contributed by atoms with Crippen LogP contribution in [0.5, 0.6) is 0 Å². The van der Waals surface area contributed by atoms with Gasteiger partial charge in [0.2, 0.25) is 0 Å². The minimum absolute atomic E-state index is 0.0707. The molecule has 0 radical (unpaired) electrons. The highest BCUT2D eigenvalue weighted by atomic mass is 19.1. The first-order valence-corrected chi connectivity index (χ1v) is 4.45. The van der Waals surface area contributed by atoms with Gasteiger partial charge in [-0.3, -0.25) is 0 Å². The van der Waals surface area contributed by atoms with Gasteiger partial charge in [-0.2, -0.15) is 0 Å². The van der Waals surface area contributed by atoms with Crippen LogP contribution in [-0.2, 0) is 0 Å². The molecule has 82 valence electrons. The molecule has 0 unspecified atom stereocenters. The number of aromatic amines is 1. The average Bonchev–Trinajstić information content (AvgIpc) is 2.70. The third-order valence-corrected chi connectivity index (χ3v) is 2.19. The van der Waals surface area contributed by atoms with Crippen molar-refractivity contribution in [2.24, 2.45) is 0 Å². The van der Waals surface area contributed by atoms with Gasteiger partial charge in [0.15, 0.2) is 0 Å². The Balaban J connectivity index is 2.62. The lowest BCUT2D eigenvalue weighted by Gasteiger charge is -2.02. The van der Waals surface area contributed by atoms with E-state index in [2.05, 4.69) is 4.98 Å². The van der Waals surface area contributed by atoms with Gasteiger partial charge >= 0.3 is 5.97 Å². The second kappa shape index (κ2) is 3.77. The highest BCUT2D eigenvalue weighted by Crippen LogP contribution is 2.26. The number of carboxylic acids is 1. The van der Waals surface area contributed by atoms with E-state index in [1.165, 1.54) is 12.4 Å². The van der Waals surface area contributed by atoms with Crippen LogP contribution < -0.4 is 0 Å². The van der Waals surface area contributed by atoms with E-state index >= 15 is 0 Å². The number of carboxylic acid groups (broad SMARTS) is 1. The number of hydrogen-bond donors (Lipinski definition) is 2. The molecule has 0 bridgehead atoms. The van der Waals surface area contributed by atoms with Crippen molar-refractivity contribution in [1.82, 2.24) is 4.98 Å². The zero-order chi connectivity index (χ0) is 11.7. The number of aromatic nitrogens is 1. The van der Waals surface area contributed by atoms with Crippen LogP contribution in [0, 0.1) is 11.6 Å². The fourth-order valence-corrected chi connectivity index (χ4v) is 1.47. The van der Waals surface area contributed by atoms with Crippen LogP contribution in [0.15, 0.2) is 30.6 Å². The van der Waals surface area contributed by atoms with E-state index in [4.69, 9.17) is 5.11 Å². The molecule has 0 aliphatic heterocycles. The summed E-state index contributed by atoms with van der Waals surface area (Å²) in [6.45, 7) is 0. The molecule has 0 spiro atoms. The first kappa shape index (κ1) is 10.4. The average molecular weight is 223 g/mol. The van der Waals surface area contributed by atoms with Crippen LogP contribution in [0.1, 0.15) is 10.4 Å². The summed E-state index contributed by atoms with van der Waals surface area (Å²) in [6, 6.07) is 2.90. The first-order chi connectivity index (χ1) is 7.59. The standard InChI is InChI=1S/C11H7F2NO2/c12-6-1-2-10(13)7(3-6)8-4-14-5-9(8)11(15)16/h1-5,14H,(H,15,16). The summed E-state index contributed by atoms with van der Waals surface area (Å²) in [4.78, 5) is 13.4. The molecule has 16 heavy (non-hydrogen) atoms. The largest absolute Gasteiger partial charge is 0.478 e. The summed E-state index contributed by atoms with van der Waals surface area (Å²) in [5.41, 5.74) is -0.0346. The van der Waals surface area contributed by atoms with Crippen molar-refractivity contribution < 1.29 is 18.7 Å². The number of benzene rings is 1. The van der Waals surface area contributed by atoms with Gasteiger partial charge < -0.3 is 10.1 Å². The highest BCUT2D eigenvalue weighted by molar-refractivity contribution is 5.95. The van der Waals surface area contributed by atoms with E-state index in [9.17, 15) is 13.6 Å². The fraction of sp³-hybridized carbons (Fsp3) is 0. The second-order valence-corrected chi connectivity index (χ2v) is 3.21. The van der Waals surface area contributed by atoms with E-state index in [0.717, 1.165) is 18.2 Å². The number of halogens is 2. The summed E-state index contributed by atoms with van der Waals surface area (Å²) >= 11 is 0. The summed E-state index contributed by atoms with van der Waals surface area (Å²) in [7, 11) is 0. The summed E-state index contributed by atoms with van der Waals surface area (Å²) < 4.78 is 26.4. The number of carbonyl (C=O) groups is 1. The summed E-state index contributed by atoms with van der Waals surface area (Å²) in [5, 5.41) is 8.84. The van der Waals surface area contributed by atoms with Gasteiger partial charge in [-0.15, -0.1) is 0 Å². The predicted molar refractivity (Wildman–Crippen MR) is 53.1 cm³/mol. The molecule has 1 aromatic heterocycles. The van der Waals surface area contributed by atoms with Crippen molar-refractivity contribution in [1.29, 1.82) is 0 Å². The number of rotatable bonds is 2. The number of H-pyrrole nitrogens is 1. The Morgan fingerprint density at radius 3 is 2.62 bits per heavy atom. The minimum Gasteiger partial charge on any atom is -0.478 e. The lowest BCUT2D eigenvalue weighted by Crippen LogP contribution is -1.97. The third kappa shape index (κ3) is 1.67. The number of hydrogen-bond acceptors (Lipinski definition) is 1. The molecule has 0 fully saturated rings. The van der Waals surface area contributed by atoms with Crippen LogP contribution in [0.2, 0.25) is 0 Å². The normalized spacial score (nSPS) is 10.4. The van der Waals surface area contributed by atoms with Gasteiger partial charge in [-0.25, -0.2) is 13.6 Å². The van der Waals surface area contributed by atoms with Crippen molar-refractivity contribution in [3.05, 3.63) is 47.8 Å². The van der Waals surface area contributed by atoms with Crippen molar-refractivity contribution in [3.63, 3.8) is 0 Å². The monoisotopic (exact) mass is 223 g/mol. The Labute approximate surface area is 89.3 Å². The number of nitrogens with one attached hydrogen (secondary N) is 1. The van der Waals surface area contributed by atoms with Crippen molar-refractivity contribution in [3.8, 4) is 11.1 Å². The van der Waals surface area contributed by atoms with Gasteiger partial charge in [-0.05, 0) is 18.2 Å². The van der Waals surface area contributed by atoms with Crippen molar-refractivity contribution >= 4 is 5.97 Å². The zero-order valence-electron chi connectivity index (χ0n) is 8.00. The lowest BCUT2D eigenvalue weighted by molar-refractivity contribution is 0.0698. The molecule has 2 aromatic rings. The summed E-state index contributed by atoms with van der Waals surface area (Å²) in [5.74, 6) is -2.47. The molecule has 0 aliphatic rings. The van der Waals surface area contributed by atoms with Crippen molar-refractivity contribution in [2.75, 3.05) is 0 Å². The van der Waals surface area contributed by atoms with Crippen LogP contribution in [0.4, 0.5) is 8.78 Å². The lowest BCUT2D eigenvalue weighted by atomic mass is 10.0. The molecular weight excluding hydrogens is 216 g/mol. The van der Waals surface area contributed by atoms with Gasteiger partial charge in [0.1, 0.15) is 11.6 Å². The molecule has 0 atom stereocenters. The van der Waals surface area contributed by atoms with Gasteiger partial charge in [0, 0.05) is 23.5 Å². The SMILES string of the molecule is O=C(O)c1c[nH]cc1-c1cc(F)ccc1F. The van der Waals surface area contributed by atoms with E-state index < -0.39 is 17.6 Å². The summed E-state index contributed by atoms with van der Waals surface area (Å²) in [6.07, 6.45) is 2.54.